The van der Waals surface area contributed by atoms with E-state index in [4.69, 9.17) is 5.73 Å². The van der Waals surface area contributed by atoms with E-state index in [1.807, 2.05) is 18.2 Å². The van der Waals surface area contributed by atoms with Crippen LogP contribution in [-0.4, -0.2) is 47.2 Å². The minimum atomic E-state index is -1.31. The highest BCUT2D eigenvalue weighted by molar-refractivity contribution is 5.98. The third-order valence-corrected chi connectivity index (χ3v) is 3.52. The van der Waals surface area contributed by atoms with Gasteiger partial charge in [0.05, 0.1) is 13.2 Å². The summed E-state index contributed by atoms with van der Waals surface area (Å²) in [5, 5.41) is 9.41. The molecule has 24 heavy (non-hydrogen) atoms. The maximum atomic E-state index is 12.6. The number of carbonyl (C=O) groups is 3. The SMILES string of the molecule is COC(=O)N(C(=O)C(N)Cc1ccccc1)C(CC(C)C)C(=O)O. The number of carboxylic acid groups (broad SMARTS) is 1. The monoisotopic (exact) mass is 336 g/mol. The normalized spacial score (nSPS) is 13.2. The highest BCUT2D eigenvalue weighted by Gasteiger charge is 2.38. The van der Waals surface area contributed by atoms with Gasteiger partial charge in [0.2, 0.25) is 5.91 Å². The van der Waals surface area contributed by atoms with Crippen LogP contribution >= 0.6 is 0 Å². The Hall–Kier alpha value is -2.41. The number of hydrogen-bond donors (Lipinski definition) is 2. The van der Waals surface area contributed by atoms with Crippen LogP contribution in [0, 0.1) is 5.92 Å². The van der Waals surface area contributed by atoms with Crippen LogP contribution < -0.4 is 5.73 Å². The summed E-state index contributed by atoms with van der Waals surface area (Å²) in [5.41, 5.74) is 6.74. The van der Waals surface area contributed by atoms with E-state index in [2.05, 4.69) is 4.74 Å². The summed E-state index contributed by atoms with van der Waals surface area (Å²) in [6, 6.07) is 6.71. The molecule has 2 atom stereocenters. The van der Waals surface area contributed by atoms with Crippen molar-refractivity contribution >= 4 is 18.0 Å². The molecule has 0 aliphatic heterocycles. The zero-order valence-electron chi connectivity index (χ0n) is 14.1. The van der Waals surface area contributed by atoms with Gasteiger partial charge in [-0.25, -0.2) is 14.5 Å². The number of rotatable bonds is 7. The van der Waals surface area contributed by atoms with Gasteiger partial charge in [0.15, 0.2) is 0 Å². The molecular formula is C17H24N2O5. The topological polar surface area (TPSA) is 110 Å². The number of nitrogens with zero attached hydrogens (tertiary/aromatic N) is 1. The molecule has 1 rings (SSSR count). The first-order chi connectivity index (χ1) is 11.3. The van der Waals surface area contributed by atoms with E-state index in [0.717, 1.165) is 12.7 Å². The zero-order valence-corrected chi connectivity index (χ0v) is 14.1. The van der Waals surface area contributed by atoms with E-state index in [-0.39, 0.29) is 18.8 Å². The fraction of sp³-hybridized carbons (Fsp3) is 0.471. The lowest BCUT2D eigenvalue weighted by Crippen LogP contribution is -2.55. The predicted octanol–water partition coefficient (Wildman–Crippen LogP) is 1.65. The molecule has 0 aromatic heterocycles. The molecule has 2 amide bonds. The molecule has 0 heterocycles. The van der Waals surface area contributed by atoms with Gasteiger partial charge >= 0.3 is 12.1 Å². The van der Waals surface area contributed by atoms with Crippen molar-refractivity contribution in [3.63, 3.8) is 0 Å². The van der Waals surface area contributed by atoms with E-state index in [9.17, 15) is 19.5 Å². The average molecular weight is 336 g/mol. The summed E-state index contributed by atoms with van der Waals surface area (Å²) in [4.78, 5) is 36.8. The molecule has 132 valence electrons. The maximum Gasteiger partial charge on any atom is 0.417 e. The summed E-state index contributed by atoms with van der Waals surface area (Å²) in [6.07, 6.45) is -0.702. The summed E-state index contributed by atoms with van der Waals surface area (Å²) in [5.74, 6) is -2.07. The number of nitrogens with two attached hydrogens (primary N) is 1. The van der Waals surface area contributed by atoms with Crippen LogP contribution in [0.25, 0.3) is 0 Å². The van der Waals surface area contributed by atoms with E-state index in [1.165, 1.54) is 0 Å². The van der Waals surface area contributed by atoms with Crippen LogP contribution in [-0.2, 0) is 20.7 Å². The van der Waals surface area contributed by atoms with E-state index in [0.29, 0.717) is 4.90 Å². The van der Waals surface area contributed by atoms with E-state index < -0.39 is 30.1 Å². The lowest BCUT2D eigenvalue weighted by Gasteiger charge is -2.29. The lowest BCUT2D eigenvalue weighted by molar-refractivity contribution is -0.149. The third-order valence-electron chi connectivity index (χ3n) is 3.52. The molecule has 7 nitrogen and oxygen atoms in total. The standard InChI is InChI=1S/C17H24N2O5/c1-11(2)9-14(16(21)22)19(17(23)24-3)15(20)13(18)10-12-7-5-4-6-8-12/h4-8,11,13-14H,9-10,18H2,1-3H3,(H,21,22). The van der Waals surface area contributed by atoms with Crippen molar-refractivity contribution in [3.8, 4) is 0 Å². The Balaban J connectivity index is 3.02. The van der Waals surface area contributed by atoms with Gasteiger partial charge in [0.25, 0.3) is 0 Å². The Labute approximate surface area is 141 Å². The number of amides is 2. The van der Waals surface area contributed by atoms with Gasteiger partial charge < -0.3 is 15.6 Å². The average Bonchev–Trinajstić information content (AvgIpc) is 2.54. The van der Waals surface area contributed by atoms with Gasteiger partial charge in [-0.2, -0.15) is 0 Å². The first-order valence-electron chi connectivity index (χ1n) is 7.71. The van der Waals surface area contributed by atoms with Gasteiger partial charge in [0, 0.05) is 0 Å². The van der Waals surface area contributed by atoms with Crippen molar-refractivity contribution < 1.29 is 24.2 Å². The number of methoxy groups -OCH3 is 1. The first kappa shape index (κ1) is 19.6. The second-order valence-electron chi connectivity index (χ2n) is 5.96. The molecule has 3 N–H and O–H groups in total. The molecule has 0 radical (unpaired) electrons. The lowest BCUT2D eigenvalue weighted by atomic mass is 10.0. The largest absolute Gasteiger partial charge is 0.480 e. The molecular weight excluding hydrogens is 312 g/mol. The number of carboxylic acids is 1. The molecule has 7 heteroatoms. The van der Waals surface area contributed by atoms with E-state index in [1.54, 1.807) is 26.0 Å². The maximum absolute atomic E-state index is 12.6. The third kappa shape index (κ3) is 5.34. The van der Waals surface area contributed by atoms with Crippen molar-refractivity contribution in [1.82, 2.24) is 4.90 Å². The number of benzene rings is 1. The Morgan fingerprint density at radius 1 is 1.21 bits per heavy atom. The van der Waals surface area contributed by atoms with Crippen LogP contribution in [0.1, 0.15) is 25.8 Å². The number of aliphatic carboxylic acids is 1. The Kier molecular flexibility index (Phi) is 7.38. The number of carbonyl (C=O) groups excluding carboxylic acids is 2. The zero-order chi connectivity index (χ0) is 18.3. The van der Waals surface area contributed by atoms with Crippen molar-refractivity contribution in [2.75, 3.05) is 7.11 Å². The summed E-state index contributed by atoms with van der Waals surface area (Å²) < 4.78 is 4.59. The van der Waals surface area contributed by atoms with E-state index >= 15 is 0 Å². The highest BCUT2D eigenvalue weighted by Crippen LogP contribution is 2.16. The molecule has 0 spiro atoms. The molecule has 0 bridgehead atoms. The van der Waals surface area contributed by atoms with Crippen molar-refractivity contribution in [2.45, 2.75) is 38.8 Å². The van der Waals surface area contributed by atoms with Gasteiger partial charge in [0.1, 0.15) is 6.04 Å². The van der Waals surface area contributed by atoms with Crippen LogP contribution in [0.3, 0.4) is 0 Å². The summed E-state index contributed by atoms with van der Waals surface area (Å²) in [7, 11) is 1.10. The number of hydrogen-bond acceptors (Lipinski definition) is 5. The molecule has 0 saturated heterocycles. The Morgan fingerprint density at radius 3 is 2.25 bits per heavy atom. The van der Waals surface area contributed by atoms with Gasteiger partial charge in [-0.1, -0.05) is 44.2 Å². The molecule has 0 saturated carbocycles. The van der Waals surface area contributed by atoms with Crippen molar-refractivity contribution in [1.29, 1.82) is 0 Å². The predicted molar refractivity (Wildman–Crippen MR) is 88.3 cm³/mol. The van der Waals surface area contributed by atoms with Gasteiger partial charge in [-0.05, 0) is 24.3 Å². The van der Waals surface area contributed by atoms with Crippen molar-refractivity contribution in [3.05, 3.63) is 35.9 Å². The number of imide groups is 1. The van der Waals surface area contributed by atoms with Crippen LogP contribution in [0.15, 0.2) is 30.3 Å². The van der Waals surface area contributed by atoms with Crippen LogP contribution in [0.5, 0.6) is 0 Å². The quantitative estimate of drug-likeness (QED) is 0.783. The number of ether oxygens (including phenoxy) is 1. The smallest absolute Gasteiger partial charge is 0.417 e. The fourth-order valence-electron chi connectivity index (χ4n) is 2.37. The minimum absolute atomic E-state index is 0.0311. The fourth-order valence-corrected chi connectivity index (χ4v) is 2.37. The van der Waals surface area contributed by atoms with Gasteiger partial charge in [-0.3, -0.25) is 4.79 Å². The van der Waals surface area contributed by atoms with Gasteiger partial charge in [-0.15, -0.1) is 0 Å². The molecule has 0 fully saturated rings. The molecule has 0 aliphatic carbocycles. The summed E-state index contributed by atoms with van der Waals surface area (Å²) >= 11 is 0. The second kappa shape index (κ2) is 9.02. The molecule has 1 aromatic carbocycles. The van der Waals surface area contributed by atoms with Crippen LogP contribution in [0.4, 0.5) is 4.79 Å². The Morgan fingerprint density at radius 2 is 1.79 bits per heavy atom. The molecule has 2 unspecified atom stereocenters. The first-order valence-corrected chi connectivity index (χ1v) is 7.71. The van der Waals surface area contributed by atoms with Crippen molar-refractivity contribution in [2.24, 2.45) is 11.7 Å². The highest BCUT2D eigenvalue weighted by atomic mass is 16.5. The molecule has 1 aromatic rings. The molecule has 0 aliphatic rings. The minimum Gasteiger partial charge on any atom is -0.480 e. The summed E-state index contributed by atoms with van der Waals surface area (Å²) in [6.45, 7) is 3.61. The second-order valence-corrected chi connectivity index (χ2v) is 5.96. The van der Waals surface area contributed by atoms with Crippen LogP contribution in [0.2, 0.25) is 0 Å². The Bertz CT molecular complexity index is 574.